The van der Waals surface area contributed by atoms with Crippen molar-refractivity contribution in [2.45, 2.75) is 26.1 Å². The lowest BCUT2D eigenvalue weighted by Crippen LogP contribution is -2.39. The van der Waals surface area contributed by atoms with Gasteiger partial charge in [0.2, 0.25) is 0 Å². The molecule has 0 aliphatic rings. The minimum atomic E-state index is -4.31. The van der Waals surface area contributed by atoms with Gasteiger partial charge in [0.25, 0.3) is 0 Å². The van der Waals surface area contributed by atoms with Gasteiger partial charge in [-0.05, 0) is 12.8 Å². The van der Waals surface area contributed by atoms with Crippen LogP contribution in [0.3, 0.4) is 0 Å². The van der Waals surface area contributed by atoms with Gasteiger partial charge in [0.15, 0.2) is 0 Å². The predicted octanol–water partition coefficient (Wildman–Crippen LogP) is 1.14. The maximum absolute atomic E-state index is 12.1. The quantitative estimate of drug-likeness (QED) is 0.692. The zero-order chi connectivity index (χ0) is 9.94. The van der Waals surface area contributed by atoms with Gasteiger partial charge in [-0.3, -0.25) is 0 Å². The number of hydrogen-bond acceptors (Lipinski definition) is 2. The Morgan fingerprint density at radius 1 is 1.33 bits per heavy atom. The molecule has 0 amide bonds. The molecular weight excluding hydrogens is 171 g/mol. The van der Waals surface area contributed by atoms with E-state index < -0.39 is 30.7 Å². The molecule has 74 valence electrons. The standard InChI is InChI=1S/C7H14F3NO/c1-4(5(2)12)6(3-11)7(8,9)10/h4-6,12H,3,11H2,1-2H3/t4-,5-,6?/m1/s1. The normalized spacial score (nSPS) is 20.2. The van der Waals surface area contributed by atoms with Crippen molar-refractivity contribution in [2.24, 2.45) is 17.6 Å². The summed E-state index contributed by atoms with van der Waals surface area (Å²) in [5.74, 6) is -2.47. The summed E-state index contributed by atoms with van der Waals surface area (Å²) in [5, 5.41) is 8.93. The molecule has 0 rings (SSSR count). The van der Waals surface area contributed by atoms with E-state index in [0.717, 1.165) is 0 Å². The maximum Gasteiger partial charge on any atom is 0.393 e. The third kappa shape index (κ3) is 2.98. The van der Waals surface area contributed by atoms with Crippen LogP contribution in [0.25, 0.3) is 0 Å². The van der Waals surface area contributed by atoms with Crippen molar-refractivity contribution in [2.75, 3.05) is 6.54 Å². The molecule has 3 atom stereocenters. The van der Waals surface area contributed by atoms with Crippen molar-refractivity contribution >= 4 is 0 Å². The van der Waals surface area contributed by atoms with Gasteiger partial charge in [0.05, 0.1) is 12.0 Å². The number of hydrogen-bond donors (Lipinski definition) is 2. The molecule has 5 heteroatoms. The van der Waals surface area contributed by atoms with E-state index in [1.165, 1.54) is 13.8 Å². The van der Waals surface area contributed by atoms with E-state index in [4.69, 9.17) is 10.8 Å². The molecule has 0 spiro atoms. The minimum absolute atomic E-state index is 0.477. The molecular formula is C7H14F3NO. The summed E-state index contributed by atoms with van der Waals surface area (Å²) in [6.45, 7) is 2.20. The molecule has 0 heterocycles. The Labute approximate surface area is 69.6 Å². The molecule has 0 fully saturated rings. The summed E-state index contributed by atoms with van der Waals surface area (Å²) in [4.78, 5) is 0. The molecule has 0 saturated heterocycles. The molecule has 3 N–H and O–H groups in total. The second-order valence-electron chi connectivity index (χ2n) is 2.98. The van der Waals surface area contributed by atoms with Crippen molar-refractivity contribution < 1.29 is 18.3 Å². The van der Waals surface area contributed by atoms with Gasteiger partial charge in [-0.25, -0.2) is 0 Å². The van der Waals surface area contributed by atoms with Crippen LogP contribution in [0, 0.1) is 11.8 Å². The topological polar surface area (TPSA) is 46.2 Å². The van der Waals surface area contributed by atoms with Crippen molar-refractivity contribution in [1.82, 2.24) is 0 Å². The van der Waals surface area contributed by atoms with E-state index in [-0.39, 0.29) is 0 Å². The third-order valence-corrected chi connectivity index (χ3v) is 2.07. The van der Waals surface area contributed by atoms with Gasteiger partial charge in [0.1, 0.15) is 0 Å². The van der Waals surface area contributed by atoms with Gasteiger partial charge in [0, 0.05) is 6.54 Å². The maximum atomic E-state index is 12.1. The zero-order valence-corrected chi connectivity index (χ0v) is 7.10. The second kappa shape index (κ2) is 4.09. The van der Waals surface area contributed by atoms with E-state index >= 15 is 0 Å². The van der Waals surface area contributed by atoms with Gasteiger partial charge < -0.3 is 10.8 Å². The monoisotopic (exact) mass is 185 g/mol. The molecule has 0 aliphatic heterocycles. The summed E-state index contributed by atoms with van der Waals surface area (Å²) in [6, 6.07) is 0. The number of halogens is 3. The Balaban J connectivity index is 4.35. The van der Waals surface area contributed by atoms with Crippen LogP contribution >= 0.6 is 0 Å². The molecule has 0 aliphatic carbocycles. The fraction of sp³-hybridized carbons (Fsp3) is 1.00. The first-order valence-electron chi connectivity index (χ1n) is 3.75. The fourth-order valence-electron chi connectivity index (χ4n) is 0.983. The molecule has 0 aromatic heterocycles. The first-order chi connectivity index (χ1) is 5.30. The summed E-state index contributed by atoms with van der Waals surface area (Å²) in [5.41, 5.74) is 4.97. The van der Waals surface area contributed by atoms with Gasteiger partial charge in [-0.2, -0.15) is 13.2 Å². The lowest BCUT2D eigenvalue weighted by Gasteiger charge is -2.26. The van der Waals surface area contributed by atoms with Crippen LogP contribution in [0.5, 0.6) is 0 Å². The minimum Gasteiger partial charge on any atom is -0.393 e. The third-order valence-electron chi connectivity index (χ3n) is 2.07. The Hall–Kier alpha value is -0.290. The van der Waals surface area contributed by atoms with Crippen LogP contribution in [0.15, 0.2) is 0 Å². The summed E-state index contributed by atoms with van der Waals surface area (Å²) in [7, 11) is 0. The number of rotatable bonds is 3. The van der Waals surface area contributed by atoms with Crippen LogP contribution < -0.4 is 5.73 Å². The Morgan fingerprint density at radius 2 is 1.75 bits per heavy atom. The number of aliphatic hydroxyl groups is 1. The van der Waals surface area contributed by atoms with E-state index in [0.29, 0.717) is 0 Å². The Morgan fingerprint density at radius 3 is 1.83 bits per heavy atom. The summed E-state index contributed by atoms with van der Waals surface area (Å²) < 4.78 is 36.4. The van der Waals surface area contributed by atoms with Gasteiger partial charge in [-0.15, -0.1) is 0 Å². The van der Waals surface area contributed by atoms with Crippen molar-refractivity contribution in [3.8, 4) is 0 Å². The molecule has 0 aromatic rings. The van der Waals surface area contributed by atoms with E-state index in [9.17, 15) is 13.2 Å². The smallest absolute Gasteiger partial charge is 0.393 e. The SMILES string of the molecule is C[C@@H](O)[C@@H](C)C(CN)C(F)(F)F. The molecule has 0 aromatic carbocycles. The molecule has 12 heavy (non-hydrogen) atoms. The average molecular weight is 185 g/mol. The summed E-state index contributed by atoms with van der Waals surface area (Å²) >= 11 is 0. The van der Waals surface area contributed by atoms with E-state index in [1.54, 1.807) is 0 Å². The highest BCUT2D eigenvalue weighted by Gasteiger charge is 2.43. The van der Waals surface area contributed by atoms with Crippen LogP contribution in [-0.2, 0) is 0 Å². The predicted molar refractivity (Wildman–Crippen MR) is 39.4 cm³/mol. The highest BCUT2D eigenvalue weighted by Crippen LogP contribution is 2.32. The summed E-state index contributed by atoms with van der Waals surface area (Å²) in [6.07, 6.45) is -5.30. The van der Waals surface area contributed by atoms with Gasteiger partial charge in [-0.1, -0.05) is 6.92 Å². The van der Waals surface area contributed by atoms with Crippen LogP contribution in [0.4, 0.5) is 13.2 Å². The average Bonchev–Trinajstić information content (AvgIpc) is 1.85. The van der Waals surface area contributed by atoms with E-state index in [2.05, 4.69) is 0 Å². The van der Waals surface area contributed by atoms with Crippen LogP contribution in [-0.4, -0.2) is 23.9 Å². The van der Waals surface area contributed by atoms with Crippen LogP contribution in [0.2, 0.25) is 0 Å². The zero-order valence-electron chi connectivity index (χ0n) is 7.10. The Kier molecular flexibility index (Phi) is 3.99. The largest absolute Gasteiger partial charge is 0.393 e. The first kappa shape index (κ1) is 11.7. The van der Waals surface area contributed by atoms with Crippen LogP contribution in [0.1, 0.15) is 13.8 Å². The van der Waals surface area contributed by atoms with Gasteiger partial charge >= 0.3 is 6.18 Å². The highest BCUT2D eigenvalue weighted by molar-refractivity contribution is 4.77. The second-order valence-corrected chi connectivity index (χ2v) is 2.98. The highest BCUT2D eigenvalue weighted by atomic mass is 19.4. The first-order valence-corrected chi connectivity index (χ1v) is 3.75. The lowest BCUT2D eigenvalue weighted by atomic mass is 9.89. The molecule has 0 bridgehead atoms. The number of aliphatic hydroxyl groups excluding tert-OH is 1. The van der Waals surface area contributed by atoms with E-state index in [1.807, 2.05) is 0 Å². The molecule has 0 saturated carbocycles. The molecule has 1 unspecified atom stereocenters. The number of alkyl halides is 3. The Bertz CT molecular complexity index is 135. The van der Waals surface area contributed by atoms with Crippen molar-refractivity contribution in [1.29, 1.82) is 0 Å². The molecule has 2 nitrogen and oxygen atoms in total. The van der Waals surface area contributed by atoms with Crippen molar-refractivity contribution in [3.05, 3.63) is 0 Å². The van der Waals surface area contributed by atoms with Crippen molar-refractivity contribution in [3.63, 3.8) is 0 Å². The molecule has 0 radical (unpaired) electrons. The number of nitrogens with two attached hydrogens (primary N) is 1. The fourth-order valence-corrected chi connectivity index (χ4v) is 0.983. The lowest BCUT2D eigenvalue weighted by molar-refractivity contribution is -0.192.